The van der Waals surface area contributed by atoms with Gasteiger partial charge in [0.05, 0.1) is 11.0 Å². The monoisotopic (exact) mass is 409 g/mol. The summed E-state index contributed by atoms with van der Waals surface area (Å²) in [5, 5.41) is 23.4. The number of aliphatic hydroxyl groups is 1. The number of aryl methyl sites for hydroxylation is 1. The zero-order valence-electron chi connectivity index (χ0n) is 14.0. The molecule has 2 unspecified atom stereocenters. The summed E-state index contributed by atoms with van der Waals surface area (Å²) in [5.74, 6) is 0. The third-order valence-corrected chi connectivity index (χ3v) is 3.06. The van der Waals surface area contributed by atoms with E-state index in [1.165, 1.54) is 12.1 Å². The number of rotatable bonds is 8. The second-order valence-electron chi connectivity index (χ2n) is 4.74. The smallest absolute Gasteiger partial charge is 1.00 e. The Balaban J connectivity index is -0.00000106. The fraction of sp³-hybridized carbons (Fsp3) is 0.375. The van der Waals surface area contributed by atoms with Crippen LogP contribution in [0.25, 0.3) is 0 Å². The topological polar surface area (TPSA) is 101 Å². The number of hydrogen-bond acceptors (Lipinski definition) is 5. The van der Waals surface area contributed by atoms with E-state index in [-0.39, 0.29) is 51.8 Å². The van der Waals surface area contributed by atoms with Crippen molar-refractivity contribution in [3.05, 3.63) is 59.7 Å². The first-order valence-electron chi connectivity index (χ1n) is 6.91. The van der Waals surface area contributed by atoms with Crippen LogP contribution in [0.4, 0.5) is 11.4 Å². The molecule has 0 amide bonds. The average Bonchev–Trinajstić information content (AvgIpc) is 2.52. The van der Waals surface area contributed by atoms with Crippen LogP contribution in [0.2, 0.25) is 0 Å². The fourth-order valence-electron chi connectivity index (χ4n) is 1.86. The molecule has 0 aliphatic carbocycles. The van der Waals surface area contributed by atoms with Crippen molar-refractivity contribution < 1.29 is 27.0 Å². The van der Waals surface area contributed by atoms with E-state index in [0.29, 0.717) is 25.1 Å². The van der Waals surface area contributed by atoms with Crippen LogP contribution >= 0.6 is 0 Å². The standard InChI is InChI=1S/C14H21N3O3.C2H3.BrH.Mg/c1-3-14(18)11(15)5-4-8-16-12-9-10(2)6-7-13(12)17(19)20;1-2;;/h3,6-7,9,11,14,16,18H,1,4-5,8,15H2,2H3;1H,2H2;1H;/q;-1;;+2/p-1. The summed E-state index contributed by atoms with van der Waals surface area (Å²) in [4.78, 5) is 10.5. The van der Waals surface area contributed by atoms with Gasteiger partial charge in [-0.05, 0) is 31.4 Å². The molecule has 0 aliphatic heterocycles. The van der Waals surface area contributed by atoms with Crippen LogP contribution in [-0.2, 0) is 0 Å². The second-order valence-corrected chi connectivity index (χ2v) is 4.74. The van der Waals surface area contributed by atoms with Gasteiger partial charge in [0.15, 0.2) is 0 Å². The number of benzene rings is 1. The van der Waals surface area contributed by atoms with Crippen LogP contribution in [-0.4, -0.2) is 51.8 Å². The Bertz CT molecular complexity index is 503. The predicted octanol–water partition coefficient (Wildman–Crippen LogP) is -0.802. The molecule has 24 heavy (non-hydrogen) atoms. The quantitative estimate of drug-likeness (QED) is 0.130. The minimum Gasteiger partial charge on any atom is -1.00 e. The van der Waals surface area contributed by atoms with Crippen molar-refractivity contribution in [2.24, 2.45) is 5.73 Å². The Kier molecular flexibility index (Phi) is 18.1. The van der Waals surface area contributed by atoms with Crippen LogP contribution in [0, 0.1) is 23.6 Å². The number of halogens is 1. The number of nitro groups is 1. The molecule has 6 nitrogen and oxygen atoms in total. The molecule has 1 rings (SSSR count). The van der Waals surface area contributed by atoms with Crippen LogP contribution in [0.5, 0.6) is 0 Å². The van der Waals surface area contributed by atoms with Gasteiger partial charge >= 0.3 is 23.1 Å². The molecule has 8 heteroatoms. The number of nitrogens with one attached hydrogen (secondary N) is 1. The summed E-state index contributed by atoms with van der Waals surface area (Å²) in [6.07, 6.45) is 2.00. The molecule has 4 N–H and O–H groups in total. The Morgan fingerprint density at radius 2 is 2.08 bits per heavy atom. The van der Waals surface area contributed by atoms with Gasteiger partial charge in [-0.2, -0.15) is 0 Å². The van der Waals surface area contributed by atoms with E-state index < -0.39 is 11.0 Å². The Labute approximate surface area is 170 Å². The van der Waals surface area contributed by atoms with Crippen LogP contribution < -0.4 is 28.0 Å². The van der Waals surface area contributed by atoms with Crippen molar-refractivity contribution in [2.75, 3.05) is 11.9 Å². The number of nitrogens with zero attached hydrogens (tertiary/aromatic N) is 1. The van der Waals surface area contributed by atoms with Gasteiger partial charge in [0.2, 0.25) is 0 Å². The van der Waals surface area contributed by atoms with Crippen molar-refractivity contribution in [1.82, 2.24) is 0 Å². The van der Waals surface area contributed by atoms with Crippen LogP contribution in [0.15, 0.2) is 37.4 Å². The van der Waals surface area contributed by atoms with Gasteiger partial charge in [-0.3, -0.25) is 16.7 Å². The van der Waals surface area contributed by atoms with E-state index in [1.54, 1.807) is 12.1 Å². The predicted molar refractivity (Wildman–Crippen MR) is 95.4 cm³/mol. The third-order valence-electron chi connectivity index (χ3n) is 3.06. The van der Waals surface area contributed by atoms with E-state index in [1.807, 2.05) is 6.92 Å². The summed E-state index contributed by atoms with van der Waals surface area (Å²) in [7, 11) is 0. The van der Waals surface area contributed by atoms with Crippen molar-refractivity contribution in [2.45, 2.75) is 31.9 Å². The van der Waals surface area contributed by atoms with Gasteiger partial charge in [0.25, 0.3) is 5.69 Å². The summed E-state index contributed by atoms with van der Waals surface area (Å²) in [5.41, 5.74) is 7.28. The molecule has 0 aromatic heterocycles. The minimum absolute atomic E-state index is 0. The van der Waals surface area contributed by atoms with Crippen molar-refractivity contribution in [1.29, 1.82) is 0 Å². The second kappa shape index (κ2) is 15.6. The number of nitrogens with two attached hydrogens (primary N) is 1. The summed E-state index contributed by atoms with van der Waals surface area (Å²) < 4.78 is 0. The number of anilines is 1. The van der Waals surface area contributed by atoms with E-state index in [9.17, 15) is 15.2 Å². The zero-order valence-corrected chi connectivity index (χ0v) is 17.0. The molecule has 0 saturated carbocycles. The maximum atomic E-state index is 10.9. The van der Waals surface area contributed by atoms with Crippen molar-refractivity contribution in [3.8, 4) is 0 Å². The first kappa shape index (κ1) is 27.9. The molecule has 0 fully saturated rings. The largest absolute Gasteiger partial charge is 2.00 e. The SMILES string of the molecule is C=CC(O)C(N)CCCNc1cc(C)ccc1[N+](=O)[O-].[Br-].[CH-]=C.[Mg+2]. The molecular weight excluding hydrogens is 386 g/mol. The van der Waals surface area contributed by atoms with Gasteiger partial charge in [-0.25, -0.2) is 0 Å². The summed E-state index contributed by atoms with van der Waals surface area (Å²) >= 11 is 0. The van der Waals surface area contributed by atoms with E-state index in [0.717, 1.165) is 5.56 Å². The van der Waals surface area contributed by atoms with Crippen LogP contribution in [0.3, 0.4) is 0 Å². The molecule has 1 aromatic carbocycles. The maximum Gasteiger partial charge on any atom is 2.00 e. The molecule has 0 heterocycles. The molecule has 1 aromatic rings. The molecule has 0 radical (unpaired) electrons. The van der Waals surface area contributed by atoms with Crippen molar-refractivity contribution >= 4 is 34.4 Å². The molecule has 130 valence electrons. The minimum atomic E-state index is -0.719. The normalized spacial score (nSPS) is 11.5. The maximum absolute atomic E-state index is 10.9. The molecular formula is C16H24BrMgN3O3. The van der Waals surface area contributed by atoms with Gasteiger partial charge in [0.1, 0.15) is 5.69 Å². The molecule has 2 atom stereocenters. The third kappa shape index (κ3) is 10.0. The molecule has 0 bridgehead atoms. The number of hydrogen-bond donors (Lipinski definition) is 3. The summed E-state index contributed by atoms with van der Waals surface area (Å²) in [6, 6.07) is 4.59. The van der Waals surface area contributed by atoms with Gasteiger partial charge < -0.3 is 39.7 Å². The zero-order chi connectivity index (χ0) is 17.1. The van der Waals surface area contributed by atoms with E-state index >= 15 is 0 Å². The van der Waals surface area contributed by atoms with Crippen LogP contribution in [0.1, 0.15) is 18.4 Å². The molecule has 0 spiro atoms. The Hall–Kier alpha value is -0.934. The Morgan fingerprint density at radius 3 is 2.58 bits per heavy atom. The fourth-order valence-corrected chi connectivity index (χ4v) is 1.86. The first-order valence-corrected chi connectivity index (χ1v) is 6.91. The van der Waals surface area contributed by atoms with E-state index in [4.69, 9.17) is 5.73 Å². The number of nitro benzene ring substituents is 1. The number of aliphatic hydroxyl groups excluding tert-OH is 1. The summed E-state index contributed by atoms with van der Waals surface area (Å²) in [6.45, 7) is 12.9. The van der Waals surface area contributed by atoms with Gasteiger partial charge in [0, 0.05) is 18.7 Å². The van der Waals surface area contributed by atoms with Crippen molar-refractivity contribution in [3.63, 3.8) is 0 Å². The average molecular weight is 411 g/mol. The molecule has 0 aliphatic rings. The first-order chi connectivity index (χ1) is 10.5. The van der Waals surface area contributed by atoms with Gasteiger partial charge in [-0.15, -0.1) is 6.58 Å². The molecule has 0 saturated heterocycles. The Morgan fingerprint density at radius 1 is 1.50 bits per heavy atom. The van der Waals surface area contributed by atoms with Gasteiger partial charge in [-0.1, -0.05) is 12.1 Å². The van der Waals surface area contributed by atoms with E-state index in [2.05, 4.69) is 25.1 Å².